The number of nitrogens with zero attached hydrogens (tertiary/aromatic N) is 2. The van der Waals surface area contributed by atoms with E-state index in [1.54, 1.807) is 25.3 Å². The zero-order valence-corrected chi connectivity index (χ0v) is 17.2. The Labute approximate surface area is 174 Å². The van der Waals surface area contributed by atoms with Gasteiger partial charge in [0.05, 0.1) is 12.9 Å². The van der Waals surface area contributed by atoms with Crippen molar-refractivity contribution in [3.8, 4) is 5.75 Å². The number of halogens is 2. The molecule has 0 atom stereocenters. The fourth-order valence-corrected chi connectivity index (χ4v) is 4.17. The molecule has 140 valence electrons. The van der Waals surface area contributed by atoms with Crippen LogP contribution in [-0.4, -0.2) is 29.0 Å². The van der Waals surface area contributed by atoms with Gasteiger partial charge in [0.25, 0.3) is 0 Å². The van der Waals surface area contributed by atoms with Gasteiger partial charge in [-0.2, -0.15) is 0 Å². The van der Waals surface area contributed by atoms with Crippen LogP contribution in [0.2, 0.25) is 10.0 Å². The lowest BCUT2D eigenvalue weighted by Crippen LogP contribution is -2.13. The van der Waals surface area contributed by atoms with Crippen LogP contribution in [0.25, 0.3) is 0 Å². The maximum absolute atomic E-state index is 12.1. The number of carbonyl (C=O) groups excluding carboxylic acids is 1. The Balaban J connectivity index is 1.51. The maximum Gasteiger partial charge on any atom is 0.234 e. The number of rotatable bonds is 7. The second kappa shape index (κ2) is 9.27. The van der Waals surface area contributed by atoms with Crippen molar-refractivity contribution in [1.82, 2.24) is 10.2 Å². The molecule has 0 aliphatic carbocycles. The molecule has 10 heteroatoms. The molecule has 0 aliphatic rings. The van der Waals surface area contributed by atoms with E-state index < -0.39 is 0 Å². The molecule has 6 nitrogen and oxygen atoms in total. The van der Waals surface area contributed by atoms with Gasteiger partial charge in [0.15, 0.2) is 4.34 Å². The Bertz CT molecular complexity index is 915. The molecule has 3 aromatic rings. The fraction of sp³-hybridized carbons (Fsp3) is 0.118. The minimum Gasteiger partial charge on any atom is -0.497 e. The van der Waals surface area contributed by atoms with Crippen molar-refractivity contribution in [2.75, 3.05) is 23.5 Å². The number of amides is 1. The Hall–Kier alpha value is -2.00. The van der Waals surface area contributed by atoms with Crippen molar-refractivity contribution in [1.29, 1.82) is 0 Å². The van der Waals surface area contributed by atoms with Crippen LogP contribution in [0.15, 0.2) is 46.8 Å². The van der Waals surface area contributed by atoms with E-state index in [1.165, 1.54) is 23.1 Å². The molecule has 0 saturated heterocycles. The summed E-state index contributed by atoms with van der Waals surface area (Å²) in [5, 5.41) is 15.6. The minimum absolute atomic E-state index is 0.182. The summed E-state index contributed by atoms with van der Waals surface area (Å²) in [7, 11) is 1.62. The minimum atomic E-state index is -0.182. The Morgan fingerprint density at radius 3 is 2.48 bits per heavy atom. The van der Waals surface area contributed by atoms with Gasteiger partial charge >= 0.3 is 0 Å². The summed E-state index contributed by atoms with van der Waals surface area (Å²) in [4.78, 5) is 12.1. The molecule has 2 N–H and O–H groups in total. The maximum atomic E-state index is 12.1. The highest BCUT2D eigenvalue weighted by Crippen LogP contribution is 2.28. The number of thioether (sulfide) groups is 1. The second-order valence-electron chi connectivity index (χ2n) is 5.22. The number of hydrogen-bond donors (Lipinski definition) is 2. The Kier molecular flexibility index (Phi) is 6.78. The number of ether oxygens (including phenoxy) is 1. The third kappa shape index (κ3) is 6.00. The zero-order valence-electron chi connectivity index (χ0n) is 14.0. The van der Waals surface area contributed by atoms with Gasteiger partial charge in [-0.1, -0.05) is 46.3 Å². The van der Waals surface area contributed by atoms with E-state index in [4.69, 9.17) is 27.9 Å². The van der Waals surface area contributed by atoms with Crippen molar-refractivity contribution in [2.24, 2.45) is 0 Å². The first-order valence-electron chi connectivity index (χ1n) is 7.65. The predicted molar refractivity (Wildman–Crippen MR) is 112 cm³/mol. The van der Waals surface area contributed by atoms with E-state index >= 15 is 0 Å². The number of nitrogens with one attached hydrogen (secondary N) is 2. The monoisotopic (exact) mass is 440 g/mol. The summed E-state index contributed by atoms with van der Waals surface area (Å²) >= 11 is 14.5. The average Bonchev–Trinajstić information content (AvgIpc) is 3.07. The van der Waals surface area contributed by atoms with Gasteiger partial charge in [-0.05, 0) is 42.5 Å². The van der Waals surface area contributed by atoms with Gasteiger partial charge < -0.3 is 15.4 Å². The van der Waals surface area contributed by atoms with Crippen molar-refractivity contribution >= 4 is 68.7 Å². The summed E-state index contributed by atoms with van der Waals surface area (Å²) < 4.78 is 5.81. The molecule has 1 aromatic heterocycles. The Morgan fingerprint density at radius 1 is 1.11 bits per heavy atom. The molecule has 0 spiro atoms. The normalized spacial score (nSPS) is 10.5. The number of carbonyl (C=O) groups is 1. The van der Waals surface area contributed by atoms with E-state index in [1.807, 2.05) is 24.3 Å². The lowest BCUT2D eigenvalue weighted by atomic mass is 10.3. The standard InChI is InChI=1S/C17H14Cl2N4O2S2/c1-25-14-4-2-12(3-5-14)21-16-22-23-17(27-16)26-9-15(24)20-13-7-10(18)6-11(19)8-13/h2-8H,9H2,1H3,(H,20,24)(H,21,22). The van der Waals surface area contributed by atoms with Crippen LogP contribution in [0.3, 0.4) is 0 Å². The highest BCUT2D eigenvalue weighted by molar-refractivity contribution is 8.01. The zero-order chi connectivity index (χ0) is 19.2. The lowest BCUT2D eigenvalue weighted by Gasteiger charge is -2.05. The van der Waals surface area contributed by atoms with Crippen LogP contribution in [0.5, 0.6) is 5.75 Å². The number of methoxy groups -OCH3 is 1. The molecule has 0 bridgehead atoms. The van der Waals surface area contributed by atoms with Crippen molar-refractivity contribution in [3.63, 3.8) is 0 Å². The first-order valence-corrected chi connectivity index (χ1v) is 10.2. The molecule has 1 heterocycles. The molecule has 0 unspecified atom stereocenters. The van der Waals surface area contributed by atoms with Gasteiger partial charge in [-0.15, -0.1) is 10.2 Å². The van der Waals surface area contributed by atoms with E-state index in [9.17, 15) is 4.79 Å². The van der Waals surface area contributed by atoms with Crippen LogP contribution < -0.4 is 15.4 Å². The fourth-order valence-electron chi connectivity index (χ4n) is 2.07. The van der Waals surface area contributed by atoms with Gasteiger partial charge in [0.1, 0.15) is 5.75 Å². The topological polar surface area (TPSA) is 76.1 Å². The third-order valence-electron chi connectivity index (χ3n) is 3.22. The van der Waals surface area contributed by atoms with Crippen LogP contribution in [0.4, 0.5) is 16.5 Å². The van der Waals surface area contributed by atoms with E-state index in [0.29, 0.717) is 25.2 Å². The molecular weight excluding hydrogens is 427 g/mol. The molecule has 1 amide bonds. The van der Waals surface area contributed by atoms with Crippen molar-refractivity contribution in [3.05, 3.63) is 52.5 Å². The van der Waals surface area contributed by atoms with Crippen LogP contribution >= 0.6 is 46.3 Å². The molecule has 0 radical (unpaired) electrons. The first-order chi connectivity index (χ1) is 13.0. The van der Waals surface area contributed by atoms with Gasteiger partial charge in [-0.25, -0.2) is 0 Å². The molecule has 2 aromatic carbocycles. The first kappa shape index (κ1) is 19.8. The van der Waals surface area contributed by atoms with Gasteiger partial charge in [-0.3, -0.25) is 4.79 Å². The van der Waals surface area contributed by atoms with Crippen molar-refractivity contribution < 1.29 is 9.53 Å². The summed E-state index contributed by atoms with van der Waals surface area (Å²) in [6.45, 7) is 0. The lowest BCUT2D eigenvalue weighted by molar-refractivity contribution is -0.113. The number of hydrogen-bond acceptors (Lipinski definition) is 7. The average molecular weight is 441 g/mol. The number of anilines is 3. The Morgan fingerprint density at radius 2 is 1.81 bits per heavy atom. The summed E-state index contributed by atoms with van der Waals surface area (Å²) in [5.41, 5.74) is 1.43. The highest BCUT2D eigenvalue weighted by atomic mass is 35.5. The highest BCUT2D eigenvalue weighted by Gasteiger charge is 2.10. The summed E-state index contributed by atoms with van der Waals surface area (Å²) in [6.07, 6.45) is 0. The molecular formula is C17H14Cl2N4O2S2. The molecule has 0 saturated carbocycles. The quantitative estimate of drug-likeness (QED) is 0.483. The second-order valence-corrected chi connectivity index (χ2v) is 8.29. The number of benzene rings is 2. The predicted octanol–water partition coefficient (Wildman–Crippen LogP) is 5.33. The van der Waals surface area contributed by atoms with Gasteiger partial charge in [0, 0.05) is 21.4 Å². The molecule has 27 heavy (non-hydrogen) atoms. The number of aromatic nitrogens is 2. The molecule has 0 aliphatic heterocycles. The summed E-state index contributed by atoms with van der Waals surface area (Å²) in [6, 6.07) is 12.4. The van der Waals surface area contributed by atoms with Crippen LogP contribution in [-0.2, 0) is 4.79 Å². The van der Waals surface area contributed by atoms with Crippen LogP contribution in [0, 0.1) is 0 Å². The van der Waals surface area contributed by atoms with Crippen LogP contribution in [0.1, 0.15) is 0 Å². The SMILES string of the molecule is COc1ccc(Nc2nnc(SCC(=O)Nc3cc(Cl)cc(Cl)c3)s2)cc1. The molecule has 3 rings (SSSR count). The van der Waals surface area contributed by atoms with E-state index in [-0.39, 0.29) is 11.7 Å². The summed E-state index contributed by atoms with van der Waals surface area (Å²) in [5.74, 6) is 0.792. The van der Waals surface area contributed by atoms with Gasteiger partial charge in [0.2, 0.25) is 11.0 Å². The third-order valence-corrected chi connectivity index (χ3v) is 5.63. The largest absolute Gasteiger partial charge is 0.497 e. The smallest absolute Gasteiger partial charge is 0.234 e. The molecule has 0 fully saturated rings. The van der Waals surface area contributed by atoms with E-state index in [2.05, 4.69) is 20.8 Å². The van der Waals surface area contributed by atoms with Crippen molar-refractivity contribution in [2.45, 2.75) is 4.34 Å². The van der Waals surface area contributed by atoms with E-state index in [0.717, 1.165) is 11.4 Å².